The largest absolute Gasteiger partial charge is 0.506 e. The molecule has 0 saturated carbocycles. The number of aromatic hydroxyl groups is 1. The summed E-state index contributed by atoms with van der Waals surface area (Å²) in [6.45, 7) is 1.84. The van der Waals surface area contributed by atoms with Gasteiger partial charge in [-0.05, 0) is 73.5 Å². The Morgan fingerprint density at radius 3 is 2.47 bits per heavy atom. The molecule has 0 amide bonds. The number of anilines is 2. The van der Waals surface area contributed by atoms with Gasteiger partial charge in [0.15, 0.2) is 0 Å². The lowest BCUT2D eigenvalue weighted by Gasteiger charge is -2.23. The van der Waals surface area contributed by atoms with Crippen molar-refractivity contribution in [3.05, 3.63) is 76.6 Å². The van der Waals surface area contributed by atoms with Crippen LogP contribution in [0.4, 0.5) is 24.8 Å². The number of hydrogen-bond donors (Lipinski definition) is 5. The summed E-state index contributed by atoms with van der Waals surface area (Å²) in [5.74, 6) is 0.308. The minimum absolute atomic E-state index is 0.00432. The van der Waals surface area contributed by atoms with Crippen molar-refractivity contribution < 1.29 is 23.4 Å². The molecule has 10 heteroatoms. The molecule has 1 aliphatic heterocycles. The summed E-state index contributed by atoms with van der Waals surface area (Å²) in [7, 11) is 0. The van der Waals surface area contributed by atoms with E-state index in [2.05, 4.69) is 20.6 Å². The second-order valence-corrected chi connectivity index (χ2v) is 9.02. The van der Waals surface area contributed by atoms with Crippen LogP contribution < -0.4 is 16.4 Å². The summed E-state index contributed by atoms with van der Waals surface area (Å²) in [6, 6.07) is 12.5. The number of nitrogens with zero attached hydrogens (tertiary/aromatic N) is 2. The molecule has 4 rings (SSSR count). The fraction of sp³-hybridized carbons (Fsp3) is 0.385. The summed E-state index contributed by atoms with van der Waals surface area (Å²) >= 11 is 0. The van der Waals surface area contributed by atoms with Crippen LogP contribution in [-0.4, -0.2) is 39.5 Å². The first-order chi connectivity index (χ1) is 17.2. The highest BCUT2D eigenvalue weighted by Crippen LogP contribution is 2.35. The van der Waals surface area contributed by atoms with Gasteiger partial charge in [0.1, 0.15) is 12.0 Å². The predicted octanol–water partition coefficient (Wildman–Crippen LogP) is 4.02. The van der Waals surface area contributed by atoms with Crippen molar-refractivity contribution in [2.24, 2.45) is 5.73 Å². The molecule has 36 heavy (non-hydrogen) atoms. The number of alkyl halides is 3. The number of nitrogens with one attached hydrogen (secondary N) is 2. The number of phenolic OH excluding ortho intramolecular Hbond substituents is 1. The second kappa shape index (κ2) is 11.2. The minimum atomic E-state index is -4.61. The normalized spacial score (nSPS) is 15.6. The number of aryl methyl sites for hydroxylation is 2. The van der Waals surface area contributed by atoms with Gasteiger partial charge in [-0.25, -0.2) is 9.97 Å². The SMILES string of the molecule is NC(O)Cc1ccccc1CCc1nc(Nc2ccc(C3CCNCC3)cc2O)ncc1C(F)(F)F. The van der Waals surface area contributed by atoms with Gasteiger partial charge < -0.3 is 26.6 Å². The van der Waals surface area contributed by atoms with Crippen LogP contribution in [0.25, 0.3) is 0 Å². The third kappa shape index (κ3) is 6.51. The molecule has 6 N–H and O–H groups in total. The average molecular weight is 502 g/mol. The molecule has 1 fully saturated rings. The Hall–Kier alpha value is -3.21. The Balaban J connectivity index is 1.55. The highest BCUT2D eigenvalue weighted by atomic mass is 19.4. The number of aliphatic hydroxyl groups excluding tert-OH is 1. The van der Waals surface area contributed by atoms with E-state index in [1.54, 1.807) is 36.4 Å². The Morgan fingerprint density at radius 1 is 1.08 bits per heavy atom. The van der Waals surface area contributed by atoms with Crippen molar-refractivity contribution in [1.82, 2.24) is 15.3 Å². The van der Waals surface area contributed by atoms with E-state index in [0.717, 1.165) is 48.8 Å². The number of aliphatic hydroxyl groups is 1. The van der Waals surface area contributed by atoms with Crippen LogP contribution in [0.1, 0.15) is 46.7 Å². The summed E-state index contributed by atoms with van der Waals surface area (Å²) in [5, 5.41) is 26.2. The highest BCUT2D eigenvalue weighted by Gasteiger charge is 2.35. The van der Waals surface area contributed by atoms with Crippen LogP contribution in [0, 0.1) is 0 Å². The van der Waals surface area contributed by atoms with E-state index < -0.39 is 18.0 Å². The van der Waals surface area contributed by atoms with Gasteiger partial charge in [0.05, 0.1) is 16.9 Å². The standard InChI is InChI=1S/C26H30F3N5O2/c27-26(28,29)20-15-32-25(33-21(20)7-5-16-3-1-2-4-18(16)14-24(30)36)34-22-8-6-19(13-23(22)35)17-9-11-31-12-10-17/h1-4,6,8,13,15,17,24,31,35-36H,5,7,9-12,14,30H2,(H,32,33,34). The van der Waals surface area contributed by atoms with E-state index in [0.29, 0.717) is 11.6 Å². The van der Waals surface area contributed by atoms with Crippen molar-refractivity contribution in [3.63, 3.8) is 0 Å². The van der Waals surface area contributed by atoms with Crippen LogP contribution in [0.2, 0.25) is 0 Å². The number of halogens is 3. The molecule has 0 aliphatic carbocycles. The van der Waals surface area contributed by atoms with Crippen LogP contribution in [0.15, 0.2) is 48.7 Å². The first kappa shape index (κ1) is 25.9. The predicted molar refractivity (Wildman–Crippen MR) is 131 cm³/mol. The third-order valence-corrected chi connectivity index (χ3v) is 6.43. The van der Waals surface area contributed by atoms with E-state index in [9.17, 15) is 23.4 Å². The van der Waals surface area contributed by atoms with Gasteiger partial charge in [-0.15, -0.1) is 0 Å². The Kier molecular flexibility index (Phi) is 8.07. The maximum absolute atomic E-state index is 13.7. The van der Waals surface area contributed by atoms with Crippen molar-refractivity contribution in [1.29, 1.82) is 0 Å². The molecule has 2 aromatic carbocycles. The van der Waals surface area contributed by atoms with Crippen molar-refractivity contribution in [3.8, 4) is 5.75 Å². The van der Waals surface area contributed by atoms with Gasteiger partial charge in [0.2, 0.25) is 5.95 Å². The minimum Gasteiger partial charge on any atom is -0.506 e. The van der Waals surface area contributed by atoms with Crippen LogP contribution >= 0.6 is 0 Å². The lowest BCUT2D eigenvalue weighted by atomic mass is 9.90. The molecule has 1 aromatic heterocycles. The van der Waals surface area contributed by atoms with E-state index in [1.807, 2.05) is 6.07 Å². The summed E-state index contributed by atoms with van der Waals surface area (Å²) in [6.07, 6.45) is -2.47. The number of hydrogen-bond acceptors (Lipinski definition) is 7. The van der Waals surface area contributed by atoms with Crippen LogP contribution in [-0.2, 0) is 25.4 Å². The Morgan fingerprint density at radius 2 is 1.81 bits per heavy atom. The molecular formula is C26H30F3N5O2. The van der Waals surface area contributed by atoms with Crippen molar-refractivity contribution in [2.75, 3.05) is 18.4 Å². The van der Waals surface area contributed by atoms with Gasteiger partial charge >= 0.3 is 6.18 Å². The Labute approximate surface area is 207 Å². The molecule has 0 spiro atoms. The number of rotatable bonds is 8. The number of piperidine rings is 1. The molecule has 1 aliphatic rings. The molecule has 7 nitrogen and oxygen atoms in total. The third-order valence-electron chi connectivity index (χ3n) is 6.43. The number of benzene rings is 2. The molecule has 192 valence electrons. The van der Waals surface area contributed by atoms with Crippen LogP contribution in [0.5, 0.6) is 5.75 Å². The van der Waals surface area contributed by atoms with Crippen molar-refractivity contribution >= 4 is 11.6 Å². The number of nitrogens with two attached hydrogens (primary N) is 1. The van der Waals surface area contributed by atoms with E-state index in [-0.39, 0.29) is 36.7 Å². The zero-order valence-corrected chi connectivity index (χ0v) is 19.7. The van der Waals surface area contributed by atoms with Gasteiger partial charge in [-0.2, -0.15) is 13.2 Å². The van der Waals surface area contributed by atoms with Gasteiger partial charge in [-0.1, -0.05) is 30.3 Å². The second-order valence-electron chi connectivity index (χ2n) is 9.02. The smallest absolute Gasteiger partial charge is 0.419 e. The quantitative estimate of drug-likeness (QED) is 0.234. The van der Waals surface area contributed by atoms with Gasteiger partial charge in [0.25, 0.3) is 0 Å². The monoisotopic (exact) mass is 501 g/mol. The zero-order chi connectivity index (χ0) is 25.7. The molecule has 1 saturated heterocycles. The van der Waals surface area contributed by atoms with E-state index in [1.165, 1.54) is 0 Å². The first-order valence-corrected chi connectivity index (χ1v) is 11.9. The molecule has 2 heterocycles. The van der Waals surface area contributed by atoms with Gasteiger partial charge in [-0.3, -0.25) is 0 Å². The zero-order valence-electron chi connectivity index (χ0n) is 19.7. The fourth-order valence-electron chi connectivity index (χ4n) is 4.57. The van der Waals surface area contributed by atoms with Crippen molar-refractivity contribution in [2.45, 2.75) is 50.4 Å². The van der Waals surface area contributed by atoms with E-state index >= 15 is 0 Å². The van der Waals surface area contributed by atoms with Crippen LogP contribution in [0.3, 0.4) is 0 Å². The maximum Gasteiger partial charge on any atom is 0.419 e. The summed E-state index contributed by atoms with van der Waals surface area (Å²) in [4.78, 5) is 8.01. The molecule has 0 radical (unpaired) electrons. The Bertz CT molecular complexity index is 1180. The lowest BCUT2D eigenvalue weighted by Crippen LogP contribution is -2.26. The topological polar surface area (TPSA) is 116 Å². The number of phenols is 1. The van der Waals surface area contributed by atoms with Gasteiger partial charge in [0, 0.05) is 12.6 Å². The molecule has 1 atom stereocenters. The number of aromatic nitrogens is 2. The molecule has 0 bridgehead atoms. The molecular weight excluding hydrogens is 471 g/mol. The average Bonchev–Trinajstić information content (AvgIpc) is 2.84. The fourth-order valence-corrected chi connectivity index (χ4v) is 4.57. The lowest BCUT2D eigenvalue weighted by molar-refractivity contribution is -0.138. The summed E-state index contributed by atoms with van der Waals surface area (Å²) in [5.41, 5.74) is 7.33. The molecule has 3 aromatic rings. The van der Waals surface area contributed by atoms with E-state index in [4.69, 9.17) is 5.73 Å². The first-order valence-electron chi connectivity index (χ1n) is 11.9. The summed E-state index contributed by atoms with van der Waals surface area (Å²) < 4.78 is 41.0. The maximum atomic E-state index is 13.7. The molecule has 1 unspecified atom stereocenters. The highest BCUT2D eigenvalue weighted by molar-refractivity contribution is 5.63.